The van der Waals surface area contributed by atoms with Gasteiger partial charge in [-0.3, -0.25) is 9.10 Å². The number of aryl methyl sites for hydroxylation is 1. The van der Waals surface area contributed by atoms with E-state index in [1.165, 1.54) is 0 Å². The lowest BCUT2D eigenvalue weighted by Crippen LogP contribution is -2.42. The summed E-state index contributed by atoms with van der Waals surface area (Å²) in [6.07, 6.45) is 2.97. The smallest absolute Gasteiger partial charge is 0.240 e. The molecule has 1 N–H and O–H groups in total. The van der Waals surface area contributed by atoms with E-state index in [4.69, 9.17) is 16.3 Å². The van der Waals surface area contributed by atoms with Crippen molar-refractivity contribution in [3.05, 3.63) is 28.8 Å². The number of benzene rings is 1. The van der Waals surface area contributed by atoms with Crippen LogP contribution in [0.1, 0.15) is 18.4 Å². The number of sulfonamides is 1. The SMILES string of the molecule is Cc1ccc(N(CC(=O)NC[C@H]2CCCO2)S(C)(=O)=O)cc1Cl. The van der Waals surface area contributed by atoms with E-state index < -0.39 is 10.0 Å². The maximum atomic E-state index is 12.1. The van der Waals surface area contributed by atoms with Crippen LogP contribution in [0.25, 0.3) is 0 Å². The lowest BCUT2D eigenvalue weighted by atomic mass is 10.2. The van der Waals surface area contributed by atoms with Crippen molar-refractivity contribution in [3.63, 3.8) is 0 Å². The van der Waals surface area contributed by atoms with Gasteiger partial charge in [0.25, 0.3) is 0 Å². The third kappa shape index (κ3) is 5.09. The van der Waals surface area contributed by atoms with Crippen molar-refractivity contribution in [2.75, 3.05) is 30.3 Å². The van der Waals surface area contributed by atoms with Crippen LogP contribution in [0.3, 0.4) is 0 Å². The first-order valence-corrected chi connectivity index (χ1v) is 9.62. The van der Waals surface area contributed by atoms with Gasteiger partial charge in [-0.25, -0.2) is 8.42 Å². The number of nitrogens with one attached hydrogen (secondary N) is 1. The van der Waals surface area contributed by atoms with Crippen LogP contribution in [0.2, 0.25) is 5.02 Å². The molecule has 23 heavy (non-hydrogen) atoms. The van der Waals surface area contributed by atoms with E-state index >= 15 is 0 Å². The van der Waals surface area contributed by atoms with E-state index in [-0.39, 0.29) is 18.6 Å². The summed E-state index contributed by atoms with van der Waals surface area (Å²) in [5.74, 6) is -0.373. The van der Waals surface area contributed by atoms with Crippen molar-refractivity contribution in [1.82, 2.24) is 5.32 Å². The Balaban J connectivity index is 2.06. The number of anilines is 1. The Kier molecular flexibility index (Phi) is 5.89. The molecule has 0 aromatic heterocycles. The Labute approximate surface area is 141 Å². The first-order chi connectivity index (χ1) is 10.8. The molecule has 1 aromatic carbocycles. The molecule has 6 nitrogen and oxygen atoms in total. The molecule has 0 bridgehead atoms. The first-order valence-electron chi connectivity index (χ1n) is 7.39. The van der Waals surface area contributed by atoms with Crippen molar-refractivity contribution >= 4 is 33.2 Å². The van der Waals surface area contributed by atoms with Crippen LogP contribution in [0.15, 0.2) is 18.2 Å². The molecule has 1 saturated heterocycles. The van der Waals surface area contributed by atoms with Gasteiger partial charge in [0.05, 0.1) is 18.0 Å². The topological polar surface area (TPSA) is 75.7 Å². The number of hydrogen-bond acceptors (Lipinski definition) is 4. The van der Waals surface area contributed by atoms with Gasteiger partial charge in [0, 0.05) is 18.2 Å². The molecule has 0 aliphatic carbocycles. The van der Waals surface area contributed by atoms with Gasteiger partial charge in [0.1, 0.15) is 6.54 Å². The minimum atomic E-state index is -3.60. The van der Waals surface area contributed by atoms with E-state index in [1.807, 2.05) is 6.92 Å². The Hall–Kier alpha value is -1.31. The first kappa shape index (κ1) is 18.0. The average Bonchev–Trinajstić information content (AvgIpc) is 2.98. The van der Waals surface area contributed by atoms with Gasteiger partial charge >= 0.3 is 0 Å². The molecular formula is C15H21ClN2O4S. The number of ether oxygens (including phenoxy) is 1. The molecule has 0 unspecified atom stereocenters. The normalized spacial score (nSPS) is 18.0. The largest absolute Gasteiger partial charge is 0.376 e. The number of nitrogens with zero attached hydrogens (tertiary/aromatic N) is 1. The lowest BCUT2D eigenvalue weighted by Gasteiger charge is -2.22. The second-order valence-electron chi connectivity index (χ2n) is 5.64. The Morgan fingerprint density at radius 2 is 2.22 bits per heavy atom. The standard InChI is InChI=1S/C15H21ClN2O4S/c1-11-5-6-12(8-14(11)16)18(23(2,20)21)10-15(19)17-9-13-4-3-7-22-13/h5-6,8,13H,3-4,7,9-10H2,1-2H3,(H,17,19)/t13-/m1/s1. The molecule has 0 spiro atoms. The van der Waals surface area contributed by atoms with Crippen molar-refractivity contribution in [3.8, 4) is 0 Å². The molecule has 1 atom stereocenters. The quantitative estimate of drug-likeness (QED) is 0.838. The van der Waals surface area contributed by atoms with E-state index in [0.29, 0.717) is 23.9 Å². The van der Waals surface area contributed by atoms with E-state index in [0.717, 1.165) is 29.0 Å². The summed E-state index contributed by atoms with van der Waals surface area (Å²) < 4.78 is 30.5. The van der Waals surface area contributed by atoms with E-state index in [9.17, 15) is 13.2 Å². The predicted molar refractivity (Wildman–Crippen MR) is 90.4 cm³/mol. The molecule has 8 heteroatoms. The molecule has 1 aliphatic rings. The number of hydrogen-bond donors (Lipinski definition) is 1. The summed E-state index contributed by atoms with van der Waals surface area (Å²) in [5.41, 5.74) is 1.21. The fourth-order valence-electron chi connectivity index (χ4n) is 2.36. The van der Waals surface area contributed by atoms with Crippen LogP contribution in [0.5, 0.6) is 0 Å². The summed E-state index contributed by atoms with van der Waals surface area (Å²) in [7, 11) is -3.60. The minimum absolute atomic E-state index is 0.0134. The van der Waals surface area contributed by atoms with Crippen LogP contribution in [-0.4, -0.2) is 46.4 Å². The molecule has 1 amide bonds. The number of carbonyl (C=O) groups is 1. The van der Waals surface area contributed by atoms with E-state index in [2.05, 4.69) is 5.32 Å². The van der Waals surface area contributed by atoms with Crippen molar-refractivity contribution in [2.24, 2.45) is 0 Å². The molecule has 1 fully saturated rings. The highest BCUT2D eigenvalue weighted by Gasteiger charge is 2.22. The highest BCUT2D eigenvalue weighted by Crippen LogP contribution is 2.24. The van der Waals surface area contributed by atoms with Crippen LogP contribution < -0.4 is 9.62 Å². The number of halogens is 1. The van der Waals surface area contributed by atoms with Gasteiger partial charge in [0.2, 0.25) is 15.9 Å². The highest BCUT2D eigenvalue weighted by molar-refractivity contribution is 7.92. The van der Waals surface area contributed by atoms with Crippen molar-refractivity contribution in [1.29, 1.82) is 0 Å². The summed E-state index contributed by atoms with van der Waals surface area (Å²) in [6, 6.07) is 4.90. The second kappa shape index (κ2) is 7.51. The molecule has 1 heterocycles. The third-order valence-corrected chi connectivity index (χ3v) is 5.23. The molecule has 1 aliphatic heterocycles. The zero-order chi connectivity index (χ0) is 17.0. The zero-order valence-electron chi connectivity index (χ0n) is 13.2. The van der Waals surface area contributed by atoms with Gasteiger partial charge in [-0.2, -0.15) is 0 Å². The summed E-state index contributed by atoms with van der Waals surface area (Å²) in [4.78, 5) is 12.1. The Morgan fingerprint density at radius 1 is 1.48 bits per heavy atom. The van der Waals surface area contributed by atoms with Gasteiger partial charge in [0.15, 0.2) is 0 Å². The summed E-state index contributed by atoms with van der Waals surface area (Å²) in [6.45, 7) is 2.64. The van der Waals surface area contributed by atoms with Crippen LogP contribution >= 0.6 is 11.6 Å². The molecule has 128 valence electrons. The Morgan fingerprint density at radius 3 is 2.78 bits per heavy atom. The maximum absolute atomic E-state index is 12.1. The Bertz CT molecular complexity index is 672. The van der Waals surface area contributed by atoms with Crippen molar-refractivity contribution in [2.45, 2.75) is 25.9 Å². The van der Waals surface area contributed by atoms with Gasteiger partial charge in [-0.05, 0) is 37.5 Å². The molecule has 0 radical (unpaired) electrons. The predicted octanol–water partition coefficient (Wildman–Crippen LogP) is 1.71. The van der Waals surface area contributed by atoms with Crippen LogP contribution in [-0.2, 0) is 19.6 Å². The fourth-order valence-corrected chi connectivity index (χ4v) is 3.38. The lowest BCUT2D eigenvalue weighted by molar-refractivity contribution is -0.120. The average molecular weight is 361 g/mol. The van der Waals surface area contributed by atoms with Gasteiger partial charge < -0.3 is 10.1 Å². The fraction of sp³-hybridized carbons (Fsp3) is 0.533. The highest BCUT2D eigenvalue weighted by atomic mass is 35.5. The van der Waals surface area contributed by atoms with Crippen LogP contribution in [0.4, 0.5) is 5.69 Å². The number of amides is 1. The third-order valence-electron chi connectivity index (χ3n) is 3.68. The van der Waals surface area contributed by atoms with E-state index in [1.54, 1.807) is 18.2 Å². The zero-order valence-corrected chi connectivity index (χ0v) is 14.8. The van der Waals surface area contributed by atoms with Crippen molar-refractivity contribution < 1.29 is 17.9 Å². The second-order valence-corrected chi connectivity index (χ2v) is 7.96. The molecule has 1 aromatic rings. The molecular weight excluding hydrogens is 340 g/mol. The number of rotatable bonds is 6. The number of carbonyl (C=O) groups excluding carboxylic acids is 1. The summed E-state index contributed by atoms with van der Waals surface area (Å²) >= 11 is 6.05. The van der Waals surface area contributed by atoms with Crippen LogP contribution in [0, 0.1) is 6.92 Å². The molecule has 2 rings (SSSR count). The van der Waals surface area contributed by atoms with Gasteiger partial charge in [-0.1, -0.05) is 17.7 Å². The molecule has 0 saturated carbocycles. The maximum Gasteiger partial charge on any atom is 0.240 e. The summed E-state index contributed by atoms with van der Waals surface area (Å²) in [5, 5.41) is 3.17. The monoisotopic (exact) mass is 360 g/mol. The minimum Gasteiger partial charge on any atom is -0.376 e. The van der Waals surface area contributed by atoms with Gasteiger partial charge in [-0.15, -0.1) is 0 Å².